The molecule has 0 aliphatic heterocycles. The minimum Gasteiger partial charge on any atom is -0.323 e. The third-order valence-electron chi connectivity index (χ3n) is 2.62. The van der Waals surface area contributed by atoms with Gasteiger partial charge >= 0.3 is 0 Å². The molecule has 0 aliphatic rings. The van der Waals surface area contributed by atoms with Gasteiger partial charge in [-0.15, -0.1) is 11.3 Å². The van der Waals surface area contributed by atoms with E-state index in [0.717, 1.165) is 14.9 Å². The molecule has 4 heteroatoms. The minimum absolute atomic E-state index is 0.0487. The third-order valence-corrected chi connectivity index (χ3v) is 3.95. The lowest BCUT2D eigenvalue weighted by Crippen LogP contribution is -2.17. The van der Waals surface area contributed by atoms with Gasteiger partial charge in [0.05, 0.1) is 4.34 Å². The standard InChI is InChI=1S/C12H13ClN2S/c1-8(9-4-2-3-7-15-9)12(14)10-5-6-11(13)16-10/h2-8,12H,14H2,1H3. The number of nitrogens with two attached hydrogens (primary N) is 1. The van der Waals surface area contributed by atoms with Crippen molar-refractivity contribution in [1.29, 1.82) is 0 Å². The smallest absolute Gasteiger partial charge is 0.0931 e. The number of thiophene rings is 1. The van der Waals surface area contributed by atoms with Crippen LogP contribution in [0.5, 0.6) is 0 Å². The Morgan fingerprint density at radius 1 is 1.31 bits per heavy atom. The Morgan fingerprint density at radius 3 is 2.69 bits per heavy atom. The molecule has 2 unspecified atom stereocenters. The summed E-state index contributed by atoms with van der Waals surface area (Å²) in [5.74, 6) is 0.191. The largest absolute Gasteiger partial charge is 0.323 e. The molecule has 2 N–H and O–H groups in total. The predicted molar refractivity (Wildman–Crippen MR) is 68.9 cm³/mol. The summed E-state index contributed by atoms with van der Waals surface area (Å²) in [6, 6.07) is 9.70. The van der Waals surface area contributed by atoms with Gasteiger partial charge in [0.1, 0.15) is 0 Å². The van der Waals surface area contributed by atoms with Crippen molar-refractivity contribution in [3.63, 3.8) is 0 Å². The first-order valence-electron chi connectivity index (χ1n) is 5.10. The average molecular weight is 253 g/mol. The Kier molecular flexibility index (Phi) is 3.59. The van der Waals surface area contributed by atoms with E-state index in [2.05, 4.69) is 11.9 Å². The van der Waals surface area contributed by atoms with Gasteiger partial charge in [-0.05, 0) is 24.3 Å². The normalized spacial score (nSPS) is 14.7. The van der Waals surface area contributed by atoms with E-state index in [1.807, 2.05) is 30.3 Å². The van der Waals surface area contributed by atoms with Gasteiger partial charge in [0, 0.05) is 28.7 Å². The second kappa shape index (κ2) is 4.95. The molecule has 0 radical (unpaired) electrons. The van der Waals surface area contributed by atoms with E-state index >= 15 is 0 Å². The summed E-state index contributed by atoms with van der Waals surface area (Å²) in [7, 11) is 0. The number of hydrogen-bond donors (Lipinski definition) is 1. The van der Waals surface area contributed by atoms with Crippen molar-refractivity contribution >= 4 is 22.9 Å². The van der Waals surface area contributed by atoms with Gasteiger partial charge in [-0.25, -0.2) is 0 Å². The van der Waals surface area contributed by atoms with Crippen LogP contribution in [0, 0.1) is 0 Å². The van der Waals surface area contributed by atoms with E-state index in [1.54, 1.807) is 6.20 Å². The lowest BCUT2D eigenvalue weighted by molar-refractivity contribution is 0.592. The number of pyridine rings is 1. The molecule has 0 aliphatic carbocycles. The average Bonchev–Trinajstić information content (AvgIpc) is 2.75. The Labute approximate surface area is 104 Å². The zero-order valence-electron chi connectivity index (χ0n) is 8.93. The minimum atomic E-state index is -0.0487. The Hall–Kier alpha value is -0.900. The fraction of sp³-hybridized carbons (Fsp3) is 0.250. The topological polar surface area (TPSA) is 38.9 Å². The van der Waals surface area contributed by atoms with Gasteiger partial charge in [-0.3, -0.25) is 4.98 Å². The number of halogens is 1. The van der Waals surface area contributed by atoms with Crippen LogP contribution in [-0.4, -0.2) is 4.98 Å². The van der Waals surface area contributed by atoms with Gasteiger partial charge < -0.3 is 5.73 Å². The summed E-state index contributed by atoms with van der Waals surface area (Å²) in [6.07, 6.45) is 1.79. The van der Waals surface area contributed by atoms with Crippen LogP contribution in [0.1, 0.15) is 29.5 Å². The summed E-state index contributed by atoms with van der Waals surface area (Å²) in [5, 5.41) is 0. The van der Waals surface area contributed by atoms with Crippen molar-refractivity contribution in [3.05, 3.63) is 51.4 Å². The second-order valence-corrected chi connectivity index (χ2v) is 5.46. The summed E-state index contributed by atoms with van der Waals surface area (Å²) in [6.45, 7) is 2.08. The molecule has 0 spiro atoms. The van der Waals surface area contributed by atoms with Crippen LogP contribution in [0.4, 0.5) is 0 Å². The van der Waals surface area contributed by atoms with E-state index in [-0.39, 0.29) is 12.0 Å². The van der Waals surface area contributed by atoms with E-state index in [0.29, 0.717) is 0 Å². The summed E-state index contributed by atoms with van der Waals surface area (Å²) in [4.78, 5) is 5.42. The number of rotatable bonds is 3. The van der Waals surface area contributed by atoms with Crippen molar-refractivity contribution in [2.45, 2.75) is 18.9 Å². The van der Waals surface area contributed by atoms with Crippen LogP contribution in [0.2, 0.25) is 4.34 Å². The molecule has 2 atom stereocenters. The molecule has 2 heterocycles. The molecule has 2 nitrogen and oxygen atoms in total. The molecule has 0 amide bonds. The summed E-state index contributed by atoms with van der Waals surface area (Å²) < 4.78 is 0.777. The van der Waals surface area contributed by atoms with Crippen LogP contribution in [-0.2, 0) is 0 Å². The molecule has 0 saturated carbocycles. The van der Waals surface area contributed by atoms with Crippen molar-refractivity contribution in [2.24, 2.45) is 5.73 Å². The van der Waals surface area contributed by atoms with Crippen LogP contribution in [0.25, 0.3) is 0 Å². The van der Waals surface area contributed by atoms with Crippen molar-refractivity contribution in [1.82, 2.24) is 4.98 Å². The SMILES string of the molecule is CC(c1ccccn1)C(N)c1ccc(Cl)s1. The van der Waals surface area contributed by atoms with Crippen LogP contribution in [0.3, 0.4) is 0 Å². The molecule has 0 fully saturated rings. The summed E-state index contributed by atoms with van der Waals surface area (Å²) in [5.41, 5.74) is 7.21. The monoisotopic (exact) mass is 252 g/mol. The van der Waals surface area contributed by atoms with Crippen molar-refractivity contribution in [2.75, 3.05) is 0 Å². The zero-order chi connectivity index (χ0) is 11.5. The molecular formula is C12H13ClN2S. The highest BCUT2D eigenvalue weighted by molar-refractivity contribution is 7.16. The van der Waals surface area contributed by atoms with Crippen molar-refractivity contribution < 1.29 is 0 Å². The number of nitrogens with zero attached hydrogens (tertiary/aromatic N) is 1. The first kappa shape index (κ1) is 11.6. The van der Waals surface area contributed by atoms with Crippen LogP contribution >= 0.6 is 22.9 Å². The van der Waals surface area contributed by atoms with E-state index < -0.39 is 0 Å². The maximum Gasteiger partial charge on any atom is 0.0931 e. The maximum absolute atomic E-state index is 6.20. The molecule has 2 aromatic heterocycles. The van der Waals surface area contributed by atoms with Gasteiger partial charge in [0.25, 0.3) is 0 Å². The molecule has 2 rings (SSSR count). The highest BCUT2D eigenvalue weighted by Gasteiger charge is 2.19. The van der Waals surface area contributed by atoms with Crippen LogP contribution in [0.15, 0.2) is 36.5 Å². The first-order valence-corrected chi connectivity index (χ1v) is 6.29. The van der Waals surface area contributed by atoms with Gasteiger partial charge in [-0.1, -0.05) is 24.6 Å². The highest BCUT2D eigenvalue weighted by atomic mass is 35.5. The van der Waals surface area contributed by atoms with Gasteiger partial charge in [0.15, 0.2) is 0 Å². The number of hydrogen-bond acceptors (Lipinski definition) is 3. The van der Waals surface area contributed by atoms with Gasteiger partial charge in [-0.2, -0.15) is 0 Å². The highest BCUT2D eigenvalue weighted by Crippen LogP contribution is 2.33. The zero-order valence-corrected chi connectivity index (χ0v) is 10.5. The molecule has 0 bridgehead atoms. The quantitative estimate of drug-likeness (QED) is 0.907. The Bertz CT molecular complexity index is 455. The van der Waals surface area contributed by atoms with Crippen LogP contribution < -0.4 is 5.73 Å². The molecule has 16 heavy (non-hydrogen) atoms. The predicted octanol–water partition coefficient (Wildman–Crippen LogP) is 3.60. The van der Waals surface area contributed by atoms with E-state index in [1.165, 1.54) is 11.3 Å². The summed E-state index contributed by atoms with van der Waals surface area (Å²) >= 11 is 7.43. The number of aromatic nitrogens is 1. The molecule has 84 valence electrons. The second-order valence-electron chi connectivity index (χ2n) is 3.71. The molecular weight excluding hydrogens is 240 g/mol. The maximum atomic E-state index is 6.20. The molecule has 0 aromatic carbocycles. The molecule has 2 aromatic rings. The fourth-order valence-corrected chi connectivity index (χ4v) is 2.75. The van der Waals surface area contributed by atoms with E-state index in [4.69, 9.17) is 17.3 Å². The molecule has 0 saturated heterocycles. The first-order chi connectivity index (χ1) is 7.68. The third kappa shape index (κ3) is 2.43. The Morgan fingerprint density at radius 2 is 2.12 bits per heavy atom. The van der Waals surface area contributed by atoms with E-state index in [9.17, 15) is 0 Å². The Balaban J connectivity index is 2.19. The van der Waals surface area contributed by atoms with Gasteiger partial charge in [0.2, 0.25) is 0 Å². The van der Waals surface area contributed by atoms with Crippen molar-refractivity contribution in [3.8, 4) is 0 Å². The lowest BCUT2D eigenvalue weighted by Gasteiger charge is -2.17. The lowest BCUT2D eigenvalue weighted by atomic mass is 9.97. The fourth-order valence-electron chi connectivity index (χ4n) is 1.58.